The Morgan fingerprint density at radius 3 is 2.50 bits per heavy atom. The number of hydrogen-bond donors (Lipinski definition) is 1. The molecule has 0 amide bonds. The van der Waals surface area contributed by atoms with Gasteiger partial charge in [-0.3, -0.25) is 0 Å². The van der Waals surface area contributed by atoms with E-state index in [1.54, 1.807) is 0 Å². The fourth-order valence-electron chi connectivity index (χ4n) is 2.78. The second-order valence-corrected chi connectivity index (χ2v) is 6.21. The van der Waals surface area contributed by atoms with E-state index in [9.17, 15) is 0 Å². The van der Waals surface area contributed by atoms with Gasteiger partial charge in [-0.1, -0.05) is 20.8 Å². The molecule has 0 atom stereocenters. The number of nitrogens with zero attached hydrogens (tertiary/aromatic N) is 1. The molecule has 0 radical (unpaired) electrons. The Bertz CT molecular complexity index is 241. The zero-order valence-electron chi connectivity index (χ0n) is 13.9. The van der Waals surface area contributed by atoms with Crippen molar-refractivity contribution in [2.45, 2.75) is 46.6 Å². The van der Waals surface area contributed by atoms with E-state index in [1.165, 1.54) is 0 Å². The molecule has 0 aliphatic carbocycles. The Morgan fingerprint density at radius 2 is 1.95 bits per heavy atom. The van der Waals surface area contributed by atoms with E-state index in [2.05, 4.69) is 37.9 Å². The van der Waals surface area contributed by atoms with Crippen molar-refractivity contribution >= 4 is 0 Å². The molecule has 120 valence electrons. The van der Waals surface area contributed by atoms with E-state index >= 15 is 0 Å². The van der Waals surface area contributed by atoms with Gasteiger partial charge < -0.3 is 19.7 Å². The Balaban J connectivity index is 2.52. The first-order valence-electron chi connectivity index (χ1n) is 8.23. The van der Waals surface area contributed by atoms with Crippen LogP contribution in [0.2, 0.25) is 0 Å². The molecule has 0 unspecified atom stereocenters. The lowest BCUT2D eigenvalue weighted by Crippen LogP contribution is -2.49. The fourth-order valence-corrected chi connectivity index (χ4v) is 2.78. The maximum absolute atomic E-state index is 5.57. The summed E-state index contributed by atoms with van der Waals surface area (Å²) >= 11 is 0. The van der Waals surface area contributed by atoms with Crippen molar-refractivity contribution in [1.29, 1.82) is 0 Å². The molecule has 0 spiro atoms. The number of nitrogens with one attached hydrogen (secondary N) is 1. The van der Waals surface area contributed by atoms with Gasteiger partial charge in [-0.15, -0.1) is 0 Å². The first-order chi connectivity index (χ1) is 9.62. The Labute approximate surface area is 125 Å². The smallest absolute Gasteiger partial charge is 0.0593 e. The van der Waals surface area contributed by atoms with Crippen LogP contribution in [0.5, 0.6) is 0 Å². The van der Waals surface area contributed by atoms with Gasteiger partial charge in [-0.05, 0) is 31.7 Å². The highest BCUT2D eigenvalue weighted by Gasteiger charge is 2.34. The van der Waals surface area contributed by atoms with Crippen LogP contribution in [0.4, 0.5) is 0 Å². The highest BCUT2D eigenvalue weighted by atomic mass is 16.5. The van der Waals surface area contributed by atoms with Gasteiger partial charge in [0, 0.05) is 45.5 Å². The van der Waals surface area contributed by atoms with Gasteiger partial charge in [0.05, 0.1) is 6.61 Å². The van der Waals surface area contributed by atoms with Crippen LogP contribution in [-0.2, 0) is 9.47 Å². The molecule has 0 bridgehead atoms. The van der Waals surface area contributed by atoms with Gasteiger partial charge >= 0.3 is 0 Å². The number of likely N-dealkylation sites (N-methyl/N-ethyl adjacent to an activating group) is 1. The first-order valence-corrected chi connectivity index (χ1v) is 8.23. The summed E-state index contributed by atoms with van der Waals surface area (Å²) in [5.41, 5.74) is 0.366. The molecular weight excluding hydrogens is 252 g/mol. The molecule has 20 heavy (non-hydrogen) atoms. The molecule has 4 nitrogen and oxygen atoms in total. The third kappa shape index (κ3) is 6.53. The normalized spacial score (nSPS) is 18.9. The molecule has 1 N–H and O–H groups in total. The molecule has 1 fully saturated rings. The fraction of sp³-hybridized carbons (Fsp3) is 1.00. The highest BCUT2D eigenvalue weighted by Crippen LogP contribution is 2.31. The third-order valence-electron chi connectivity index (χ3n) is 4.20. The summed E-state index contributed by atoms with van der Waals surface area (Å²) in [7, 11) is 0. The molecule has 0 aromatic heterocycles. The standard InChI is InChI=1S/C16H34N2O2/c1-5-18(9-12-19-6-2)14-16(13-17-15(3)4)7-10-20-11-8-16/h15,17H,5-14H2,1-4H3. The van der Waals surface area contributed by atoms with E-state index in [4.69, 9.17) is 9.47 Å². The van der Waals surface area contributed by atoms with E-state index in [0.29, 0.717) is 11.5 Å². The second kappa shape index (κ2) is 9.72. The van der Waals surface area contributed by atoms with Gasteiger partial charge in [0.15, 0.2) is 0 Å². The molecule has 0 aromatic carbocycles. The van der Waals surface area contributed by atoms with Crippen LogP contribution in [0, 0.1) is 5.41 Å². The van der Waals surface area contributed by atoms with Gasteiger partial charge in [0.1, 0.15) is 0 Å². The second-order valence-electron chi connectivity index (χ2n) is 6.21. The van der Waals surface area contributed by atoms with Gasteiger partial charge in [-0.2, -0.15) is 0 Å². The SMILES string of the molecule is CCOCCN(CC)CC1(CNC(C)C)CCOCC1. The van der Waals surface area contributed by atoms with E-state index < -0.39 is 0 Å². The lowest BCUT2D eigenvalue weighted by atomic mass is 9.79. The maximum atomic E-state index is 5.57. The van der Waals surface area contributed by atoms with Crippen molar-refractivity contribution in [2.75, 3.05) is 52.6 Å². The quantitative estimate of drug-likeness (QED) is 0.624. The van der Waals surface area contributed by atoms with Crippen LogP contribution in [0.1, 0.15) is 40.5 Å². The van der Waals surface area contributed by atoms with Crippen molar-refractivity contribution in [3.63, 3.8) is 0 Å². The van der Waals surface area contributed by atoms with Gasteiger partial charge in [-0.25, -0.2) is 0 Å². The predicted molar refractivity (Wildman–Crippen MR) is 84.2 cm³/mol. The van der Waals surface area contributed by atoms with Crippen LogP contribution in [0.3, 0.4) is 0 Å². The van der Waals surface area contributed by atoms with Crippen molar-refractivity contribution in [2.24, 2.45) is 5.41 Å². The minimum absolute atomic E-state index is 0.366. The average molecular weight is 286 g/mol. The Kier molecular flexibility index (Phi) is 8.69. The Hall–Kier alpha value is -0.160. The Morgan fingerprint density at radius 1 is 1.25 bits per heavy atom. The van der Waals surface area contributed by atoms with E-state index in [-0.39, 0.29) is 0 Å². The van der Waals surface area contributed by atoms with Crippen molar-refractivity contribution < 1.29 is 9.47 Å². The summed E-state index contributed by atoms with van der Waals surface area (Å²) in [5.74, 6) is 0. The summed E-state index contributed by atoms with van der Waals surface area (Å²) in [4.78, 5) is 2.53. The van der Waals surface area contributed by atoms with E-state index in [0.717, 1.165) is 65.4 Å². The van der Waals surface area contributed by atoms with Crippen LogP contribution >= 0.6 is 0 Å². The molecule has 4 heteroatoms. The van der Waals surface area contributed by atoms with Gasteiger partial charge in [0.2, 0.25) is 0 Å². The van der Waals surface area contributed by atoms with Crippen LogP contribution in [-0.4, -0.2) is 63.5 Å². The minimum atomic E-state index is 0.366. The molecule has 1 aliphatic heterocycles. The van der Waals surface area contributed by atoms with Crippen LogP contribution in [0.25, 0.3) is 0 Å². The van der Waals surface area contributed by atoms with Gasteiger partial charge in [0.25, 0.3) is 0 Å². The summed E-state index contributed by atoms with van der Waals surface area (Å²) in [6.45, 7) is 16.6. The zero-order chi connectivity index (χ0) is 14.8. The third-order valence-corrected chi connectivity index (χ3v) is 4.20. The monoisotopic (exact) mass is 286 g/mol. The molecule has 1 rings (SSSR count). The summed E-state index contributed by atoms with van der Waals surface area (Å²) in [6, 6.07) is 0.549. The van der Waals surface area contributed by atoms with Crippen LogP contribution in [0.15, 0.2) is 0 Å². The molecule has 0 saturated carbocycles. The topological polar surface area (TPSA) is 33.7 Å². The van der Waals surface area contributed by atoms with E-state index in [1.807, 2.05) is 0 Å². The largest absolute Gasteiger partial charge is 0.381 e. The molecular formula is C16H34N2O2. The number of ether oxygens (including phenoxy) is 2. The van der Waals surface area contributed by atoms with Crippen molar-refractivity contribution in [1.82, 2.24) is 10.2 Å². The summed E-state index contributed by atoms with van der Waals surface area (Å²) < 4.78 is 11.1. The lowest BCUT2D eigenvalue weighted by molar-refractivity contribution is -0.00866. The molecule has 1 aliphatic rings. The summed E-state index contributed by atoms with van der Waals surface area (Å²) in [5, 5.41) is 3.64. The van der Waals surface area contributed by atoms with Crippen molar-refractivity contribution in [3.05, 3.63) is 0 Å². The average Bonchev–Trinajstić information content (AvgIpc) is 2.45. The maximum Gasteiger partial charge on any atom is 0.0593 e. The number of rotatable bonds is 10. The van der Waals surface area contributed by atoms with Crippen LogP contribution < -0.4 is 5.32 Å². The number of hydrogen-bond acceptors (Lipinski definition) is 4. The molecule has 1 saturated heterocycles. The highest BCUT2D eigenvalue weighted by molar-refractivity contribution is 4.87. The van der Waals surface area contributed by atoms with Crippen molar-refractivity contribution in [3.8, 4) is 0 Å². The lowest BCUT2D eigenvalue weighted by Gasteiger charge is -2.41. The first kappa shape index (κ1) is 17.9. The summed E-state index contributed by atoms with van der Waals surface area (Å²) in [6.07, 6.45) is 2.33. The zero-order valence-corrected chi connectivity index (χ0v) is 13.9. The molecule has 1 heterocycles. The minimum Gasteiger partial charge on any atom is -0.381 e. The predicted octanol–water partition coefficient (Wildman–Crippen LogP) is 2.14. The molecule has 0 aromatic rings.